The molecule has 2 heterocycles. The number of para-hydroxylation sites is 1. The van der Waals surface area contributed by atoms with Crippen molar-refractivity contribution in [3.05, 3.63) is 59.5 Å². The number of hydrogen-bond donors (Lipinski definition) is 0. The van der Waals surface area contributed by atoms with Crippen molar-refractivity contribution in [2.75, 3.05) is 0 Å². The lowest BCUT2D eigenvalue weighted by molar-refractivity contribution is 0.0973. The van der Waals surface area contributed by atoms with Crippen LogP contribution in [-0.2, 0) is 13.6 Å². The summed E-state index contributed by atoms with van der Waals surface area (Å²) in [6.45, 7) is 4.40. The van der Waals surface area contributed by atoms with Crippen molar-refractivity contribution in [2.24, 2.45) is 7.05 Å². The molecule has 0 fully saturated rings. The average Bonchev–Trinajstić information content (AvgIpc) is 2.96. The minimum absolute atomic E-state index is 0.160. The minimum Gasteiger partial charge on any atom is -0.351 e. The van der Waals surface area contributed by atoms with Crippen LogP contribution in [0.1, 0.15) is 21.7 Å². The maximum Gasteiger partial charge on any atom is 0.184 e. The van der Waals surface area contributed by atoms with Crippen molar-refractivity contribution in [1.82, 2.24) is 9.13 Å². The van der Waals surface area contributed by atoms with Crippen molar-refractivity contribution in [1.29, 1.82) is 0 Å². The van der Waals surface area contributed by atoms with Gasteiger partial charge in [0.25, 0.3) is 0 Å². The van der Waals surface area contributed by atoms with Gasteiger partial charge in [-0.15, -0.1) is 0 Å². The Bertz CT molecular complexity index is 793. The second-order valence-electron chi connectivity index (χ2n) is 5.27. The molecule has 2 aromatic heterocycles. The Morgan fingerprint density at radius 2 is 1.90 bits per heavy atom. The number of rotatable bonds is 3. The highest BCUT2D eigenvalue weighted by atomic mass is 16.1. The highest BCUT2D eigenvalue weighted by molar-refractivity contribution is 5.98. The van der Waals surface area contributed by atoms with Crippen molar-refractivity contribution < 1.29 is 4.79 Å². The van der Waals surface area contributed by atoms with E-state index in [4.69, 9.17) is 0 Å². The summed E-state index contributed by atoms with van der Waals surface area (Å²) in [6, 6.07) is 12.1. The first-order valence-electron chi connectivity index (χ1n) is 6.78. The van der Waals surface area contributed by atoms with Crippen molar-refractivity contribution in [3.8, 4) is 0 Å². The number of nitrogens with zero attached hydrogens (tertiary/aromatic N) is 2. The van der Waals surface area contributed by atoms with Crippen molar-refractivity contribution in [2.45, 2.75) is 20.4 Å². The molecule has 0 saturated carbocycles. The molecule has 20 heavy (non-hydrogen) atoms. The molecule has 0 unspecified atom stereocenters. The molecule has 0 amide bonds. The molecular weight excluding hydrogens is 248 g/mol. The van der Waals surface area contributed by atoms with E-state index >= 15 is 0 Å². The fourth-order valence-corrected chi connectivity index (χ4v) is 2.66. The predicted molar refractivity (Wildman–Crippen MR) is 81.2 cm³/mol. The number of carbonyl (C=O) groups excluding carboxylic acids is 1. The molecule has 0 atom stereocenters. The number of aryl methyl sites for hydroxylation is 1. The zero-order chi connectivity index (χ0) is 14.3. The van der Waals surface area contributed by atoms with Gasteiger partial charge in [-0.25, -0.2) is 0 Å². The van der Waals surface area contributed by atoms with Gasteiger partial charge in [-0.2, -0.15) is 0 Å². The molecule has 0 spiro atoms. The highest BCUT2D eigenvalue weighted by Crippen LogP contribution is 2.18. The number of hydrogen-bond acceptors (Lipinski definition) is 1. The molecule has 0 saturated heterocycles. The summed E-state index contributed by atoms with van der Waals surface area (Å²) >= 11 is 0. The molecule has 3 nitrogen and oxygen atoms in total. The van der Waals surface area contributed by atoms with Gasteiger partial charge in [-0.05, 0) is 37.4 Å². The van der Waals surface area contributed by atoms with Gasteiger partial charge in [-0.3, -0.25) is 4.79 Å². The van der Waals surface area contributed by atoms with Gasteiger partial charge >= 0.3 is 0 Å². The van der Waals surface area contributed by atoms with Crippen LogP contribution < -0.4 is 0 Å². The Morgan fingerprint density at radius 1 is 1.15 bits per heavy atom. The summed E-state index contributed by atoms with van der Waals surface area (Å²) in [4.78, 5) is 12.5. The number of ketones is 1. The standard InChI is InChI=1S/C17H18N2O/c1-12-10-15(13(2)18(12)3)17(20)11-19-9-8-14-6-4-5-7-16(14)19/h4-10H,11H2,1-3H3. The molecule has 0 aliphatic heterocycles. The second-order valence-corrected chi connectivity index (χ2v) is 5.27. The van der Waals surface area contributed by atoms with Gasteiger partial charge in [0.2, 0.25) is 0 Å². The smallest absolute Gasteiger partial charge is 0.184 e. The Balaban J connectivity index is 1.94. The molecule has 0 aliphatic rings. The molecule has 1 aromatic carbocycles. The quantitative estimate of drug-likeness (QED) is 0.667. The van der Waals surface area contributed by atoms with Gasteiger partial charge in [0.15, 0.2) is 5.78 Å². The third kappa shape index (κ3) is 1.95. The SMILES string of the molecule is Cc1cc(C(=O)Cn2ccc3ccccc32)c(C)n1C. The van der Waals surface area contributed by atoms with Gasteiger partial charge in [0.1, 0.15) is 0 Å². The van der Waals surface area contributed by atoms with E-state index in [1.165, 1.54) is 5.39 Å². The maximum absolute atomic E-state index is 12.5. The molecule has 3 aromatic rings. The van der Waals surface area contributed by atoms with E-state index in [0.717, 1.165) is 22.5 Å². The Labute approximate surface area is 118 Å². The lowest BCUT2D eigenvalue weighted by Crippen LogP contribution is -2.10. The zero-order valence-electron chi connectivity index (χ0n) is 12.1. The average molecular weight is 266 g/mol. The zero-order valence-corrected chi connectivity index (χ0v) is 12.1. The van der Waals surface area contributed by atoms with Gasteiger partial charge < -0.3 is 9.13 Å². The van der Waals surface area contributed by atoms with Crippen LogP contribution in [0, 0.1) is 13.8 Å². The summed E-state index contributed by atoms with van der Waals surface area (Å²) in [7, 11) is 1.99. The van der Waals surface area contributed by atoms with E-state index in [9.17, 15) is 4.79 Å². The summed E-state index contributed by atoms with van der Waals surface area (Å²) < 4.78 is 4.07. The number of fused-ring (bicyclic) bond motifs is 1. The number of carbonyl (C=O) groups is 1. The lowest BCUT2D eigenvalue weighted by atomic mass is 10.1. The van der Waals surface area contributed by atoms with Crippen LogP contribution in [0.5, 0.6) is 0 Å². The summed E-state index contributed by atoms with van der Waals surface area (Å²) in [5, 5.41) is 1.17. The first kappa shape index (κ1) is 12.7. The highest BCUT2D eigenvalue weighted by Gasteiger charge is 2.15. The molecule has 0 N–H and O–H groups in total. The number of benzene rings is 1. The van der Waals surface area contributed by atoms with Crippen molar-refractivity contribution in [3.63, 3.8) is 0 Å². The second kappa shape index (κ2) is 4.67. The van der Waals surface area contributed by atoms with Crippen LogP contribution in [0.2, 0.25) is 0 Å². The van der Waals surface area contributed by atoms with E-state index in [1.54, 1.807) is 0 Å². The van der Waals surface area contributed by atoms with Crippen LogP contribution in [0.15, 0.2) is 42.6 Å². The van der Waals surface area contributed by atoms with Gasteiger partial charge in [0.05, 0.1) is 6.54 Å². The first-order chi connectivity index (χ1) is 9.58. The third-order valence-electron chi connectivity index (χ3n) is 4.07. The van der Waals surface area contributed by atoms with Gasteiger partial charge in [-0.1, -0.05) is 18.2 Å². The summed E-state index contributed by atoms with van der Waals surface area (Å²) in [5.74, 6) is 0.160. The predicted octanol–water partition coefficient (Wildman–Crippen LogP) is 3.48. The van der Waals surface area contributed by atoms with E-state index in [0.29, 0.717) is 6.54 Å². The van der Waals surface area contributed by atoms with Crippen LogP contribution in [0.3, 0.4) is 0 Å². The maximum atomic E-state index is 12.5. The molecule has 0 radical (unpaired) electrons. The molecular formula is C17H18N2O. The lowest BCUT2D eigenvalue weighted by Gasteiger charge is -2.05. The van der Waals surface area contributed by atoms with E-state index in [2.05, 4.69) is 10.6 Å². The van der Waals surface area contributed by atoms with Crippen molar-refractivity contribution >= 4 is 16.7 Å². The minimum atomic E-state index is 0.160. The van der Waals surface area contributed by atoms with Crippen LogP contribution in [0.4, 0.5) is 0 Å². The molecule has 102 valence electrons. The molecule has 0 aliphatic carbocycles. The largest absolute Gasteiger partial charge is 0.351 e. The normalized spacial score (nSPS) is 11.2. The van der Waals surface area contributed by atoms with Crippen LogP contribution >= 0.6 is 0 Å². The van der Waals surface area contributed by atoms with Gasteiger partial charge in [0, 0.05) is 35.7 Å². The topological polar surface area (TPSA) is 26.9 Å². The Hall–Kier alpha value is -2.29. The fraction of sp³-hybridized carbons (Fsp3) is 0.235. The molecule has 3 heteroatoms. The summed E-state index contributed by atoms with van der Waals surface area (Å²) in [6.07, 6.45) is 1.98. The van der Waals surface area contributed by atoms with E-state index < -0.39 is 0 Å². The van der Waals surface area contributed by atoms with Crippen LogP contribution in [-0.4, -0.2) is 14.9 Å². The first-order valence-corrected chi connectivity index (χ1v) is 6.78. The molecule has 3 rings (SSSR count). The summed E-state index contributed by atoms with van der Waals surface area (Å²) in [5.41, 5.74) is 4.07. The number of Topliss-reactive ketones (excluding diaryl/α,β-unsaturated/α-hetero) is 1. The number of aromatic nitrogens is 2. The fourth-order valence-electron chi connectivity index (χ4n) is 2.66. The Kier molecular flexibility index (Phi) is 2.97. The monoisotopic (exact) mass is 266 g/mol. The third-order valence-corrected chi connectivity index (χ3v) is 4.07. The van der Waals surface area contributed by atoms with E-state index in [1.807, 2.05) is 62.0 Å². The van der Waals surface area contributed by atoms with Crippen LogP contribution in [0.25, 0.3) is 10.9 Å². The molecule has 0 bridgehead atoms. The Morgan fingerprint density at radius 3 is 2.60 bits per heavy atom. The van der Waals surface area contributed by atoms with E-state index in [-0.39, 0.29) is 5.78 Å².